The molecule has 0 bridgehead atoms. The fraction of sp³-hybridized carbons (Fsp3) is 0.0500. The van der Waals surface area contributed by atoms with Gasteiger partial charge in [-0.3, -0.25) is 9.52 Å². The van der Waals surface area contributed by atoms with E-state index < -0.39 is 32.5 Å². The van der Waals surface area contributed by atoms with Gasteiger partial charge in [0.15, 0.2) is 18.2 Å². The highest BCUT2D eigenvalue weighted by Gasteiger charge is 2.17. The van der Waals surface area contributed by atoms with Crippen LogP contribution in [0.4, 0.5) is 20.2 Å². The minimum absolute atomic E-state index is 0.171. The Balaban J connectivity index is 1.59. The number of halogens is 3. The molecular formula is C20H15ClF2N2O4S. The first-order chi connectivity index (χ1) is 14.2. The number of anilines is 2. The number of amides is 1. The second-order valence-electron chi connectivity index (χ2n) is 6.03. The summed E-state index contributed by atoms with van der Waals surface area (Å²) in [4.78, 5) is 11.6. The monoisotopic (exact) mass is 452 g/mol. The smallest absolute Gasteiger partial charge is 0.262 e. The molecule has 30 heavy (non-hydrogen) atoms. The van der Waals surface area contributed by atoms with E-state index in [4.69, 9.17) is 16.3 Å². The fourth-order valence-corrected chi connectivity index (χ4v) is 3.64. The maximum atomic E-state index is 13.3. The molecule has 0 aliphatic carbocycles. The molecule has 0 atom stereocenters. The SMILES string of the molecule is O=C(COc1ccccc1Cl)Nc1ccc(NS(=O)(=O)c2ccc(F)c(F)c2)cc1. The van der Waals surface area contributed by atoms with Gasteiger partial charge < -0.3 is 10.1 Å². The molecule has 10 heteroatoms. The van der Waals surface area contributed by atoms with Crippen molar-refractivity contribution in [2.24, 2.45) is 0 Å². The van der Waals surface area contributed by atoms with E-state index in [0.717, 1.165) is 12.1 Å². The number of benzene rings is 3. The van der Waals surface area contributed by atoms with Crippen LogP contribution in [0.2, 0.25) is 5.02 Å². The highest BCUT2D eigenvalue weighted by atomic mass is 35.5. The lowest BCUT2D eigenvalue weighted by atomic mass is 10.3. The van der Waals surface area contributed by atoms with Gasteiger partial charge in [-0.25, -0.2) is 17.2 Å². The predicted octanol–water partition coefficient (Wildman–Crippen LogP) is 4.44. The summed E-state index contributed by atoms with van der Waals surface area (Å²) in [5, 5.41) is 2.97. The summed E-state index contributed by atoms with van der Waals surface area (Å²) in [6.07, 6.45) is 0. The quantitative estimate of drug-likeness (QED) is 0.555. The van der Waals surface area contributed by atoms with E-state index in [-0.39, 0.29) is 12.3 Å². The van der Waals surface area contributed by atoms with Crippen LogP contribution in [-0.4, -0.2) is 20.9 Å². The number of para-hydroxylation sites is 1. The van der Waals surface area contributed by atoms with E-state index in [0.29, 0.717) is 22.5 Å². The van der Waals surface area contributed by atoms with Crippen LogP contribution in [0.5, 0.6) is 5.75 Å². The summed E-state index contributed by atoms with van der Waals surface area (Å²) in [6, 6.07) is 14.7. The number of hydrogen-bond donors (Lipinski definition) is 2. The Bertz CT molecular complexity index is 1170. The zero-order chi connectivity index (χ0) is 21.7. The van der Waals surface area contributed by atoms with Gasteiger partial charge in [0.2, 0.25) is 0 Å². The van der Waals surface area contributed by atoms with Gasteiger partial charge in [0.05, 0.1) is 9.92 Å². The summed E-state index contributed by atoms with van der Waals surface area (Å²) in [5.74, 6) is -2.48. The lowest BCUT2D eigenvalue weighted by molar-refractivity contribution is -0.118. The largest absolute Gasteiger partial charge is 0.482 e. The summed E-state index contributed by atoms with van der Waals surface area (Å²) in [6.45, 7) is -0.270. The van der Waals surface area contributed by atoms with Crippen LogP contribution >= 0.6 is 11.6 Å². The Kier molecular flexibility index (Phi) is 6.53. The van der Waals surface area contributed by atoms with Crippen molar-refractivity contribution >= 4 is 38.9 Å². The molecule has 0 aliphatic heterocycles. The molecule has 3 aromatic rings. The van der Waals surface area contributed by atoms with Crippen molar-refractivity contribution in [1.82, 2.24) is 0 Å². The topological polar surface area (TPSA) is 84.5 Å². The molecule has 156 valence electrons. The van der Waals surface area contributed by atoms with Crippen molar-refractivity contribution < 1.29 is 26.7 Å². The van der Waals surface area contributed by atoms with E-state index in [1.54, 1.807) is 24.3 Å². The molecule has 2 N–H and O–H groups in total. The van der Waals surface area contributed by atoms with Gasteiger partial charge in [-0.15, -0.1) is 0 Å². The number of carbonyl (C=O) groups excluding carboxylic acids is 1. The average Bonchev–Trinajstić information content (AvgIpc) is 2.70. The third-order valence-corrected chi connectivity index (χ3v) is 5.51. The van der Waals surface area contributed by atoms with Crippen LogP contribution in [-0.2, 0) is 14.8 Å². The van der Waals surface area contributed by atoms with Gasteiger partial charge in [0, 0.05) is 11.4 Å². The molecule has 0 saturated heterocycles. The van der Waals surface area contributed by atoms with Crippen molar-refractivity contribution in [3.8, 4) is 5.75 Å². The number of sulfonamides is 1. The first kappa shape index (κ1) is 21.5. The zero-order valence-electron chi connectivity index (χ0n) is 15.2. The molecule has 6 nitrogen and oxygen atoms in total. The fourth-order valence-electron chi connectivity index (χ4n) is 2.38. The number of rotatable bonds is 7. The standard InChI is InChI=1S/C20H15ClF2N2O4S/c21-16-3-1-2-4-19(16)29-12-20(26)24-13-5-7-14(8-6-13)25-30(27,28)15-9-10-17(22)18(23)11-15/h1-11,25H,12H2,(H,24,26). The third-order valence-electron chi connectivity index (χ3n) is 3.82. The summed E-state index contributed by atoms with van der Waals surface area (Å²) in [5.41, 5.74) is 0.573. The summed E-state index contributed by atoms with van der Waals surface area (Å²) < 4.78 is 58.4. The molecule has 0 radical (unpaired) electrons. The highest BCUT2D eigenvalue weighted by molar-refractivity contribution is 7.92. The first-order valence-electron chi connectivity index (χ1n) is 8.50. The number of hydrogen-bond acceptors (Lipinski definition) is 4. The number of carbonyl (C=O) groups is 1. The Morgan fingerprint density at radius 1 is 0.933 bits per heavy atom. The molecule has 3 rings (SSSR count). The predicted molar refractivity (Wildman–Crippen MR) is 109 cm³/mol. The van der Waals surface area contributed by atoms with E-state index in [1.165, 1.54) is 24.3 Å². The van der Waals surface area contributed by atoms with Crippen LogP contribution in [0.15, 0.2) is 71.6 Å². The van der Waals surface area contributed by atoms with Crippen LogP contribution in [0, 0.1) is 11.6 Å². The van der Waals surface area contributed by atoms with Gasteiger partial charge >= 0.3 is 0 Å². The van der Waals surface area contributed by atoms with Gasteiger partial charge in [-0.1, -0.05) is 23.7 Å². The second-order valence-corrected chi connectivity index (χ2v) is 8.12. The minimum atomic E-state index is -4.11. The molecule has 0 aromatic heterocycles. The normalized spacial score (nSPS) is 11.0. The third kappa shape index (κ3) is 5.46. The Morgan fingerprint density at radius 2 is 1.60 bits per heavy atom. The Labute approximate surface area is 176 Å². The number of nitrogens with one attached hydrogen (secondary N) is 2. The lowest BCUT2D eigenvalue weighted by Crippen LogP contribution is -2.20. The van der Waals surface area contributed by atoms with Crippen LogP contribution < -0.4 is 14.8 Å². The van der Waals surface area contributed by atoms with Crippen molar-refractivity contribution in [2.45, 2.75) is 4.90 Å². The summed E-state index contributed by atoms with van der Waals surface area (Å²) in [7, 11) is -4.11. The molecule has 0 heterocycles. The van der Waals surface area contributed by atoms with Crippen LogP contribution in [0.3, 0.4) is 0 Å². The molecule has 0 spiro atoms. The Hall–Kier alpha value is -3.17. The molecular weight excluding hydrogens is 438 g/mol. The van der Waals surface area contributed by atoms with Crippen molar-refractivity contribution in [3.63, 3.8) is 0 Å². The molecule has 0 unspecified atom stereocenters. The molecule has 0 fully saturated rings. The van der Waals surface area contributed by atoms with E-state index in [2.05, 4.69) is 10.0 Å². The maximum Gasteiger partial charge on any atom is 0.262 e. The zero-order valence-corrected chi connectivity index (χ0v) is 16.8. The number of ether oxygens (including phenoxy) is 1. The minimum Gasteiger partial charge on any atom is -0.482 e. The van der Waals surface area contributed by atoms with Gasteiger partial charge in [0.1, 0.15) is 5.75 Å². The molecule has 0 saturated carbocycles. The van der Waals surface area contributed by atoms with Crippen molar-refractivity contribution in [1.29, 1.82) is 0 Å². The van der Waals surface area contributed by atoms with Gasteiger partial charge in [-0.05, 0) is 54.6 Å². The molecule has 3 aromatic carbocycles. The van der Waals surface area contributed by atoms with E-state index in [1.807, 2.05) is 0 Å². The van der Waals surface area contributed by atoms with Gasteiger partial charge in [0.25, 0.3) is 15.9 Å². The molecule has 1 amide bonds. The highest BCUT2D eigenvalue weighted by Crippen LogP contribution is 2.23. The van der Waals surface area contributed by atoms with Crippen LogP contribution in [0.1, 0.15) is 0 Å². The lowest BCUT2D eigenvalue weighted by Gasteiger charge is -2.11. The summed E-state index contributed by atoms with van der Waals surface area (Å²) >= 11 is 5.95. The van der Waals surface area contributed by atoms with Crippen LogP contribution in [0.25, 0.3) is 0 Å². The van der Waals surface area contributed by atoms with Crippen molar-refractivity contribution in [2.75, 3.05) is 16.6 Å². The first-order valence-corrected chi connectivity index (χ1v) is 10.4. The van der Waals surface area contributed by atoms with E-state index in [9.17, 15) is 22.0 Å². The van der Waals surface area contributed by atoms with E-state index >= 15 is 0 Å². The van der Waals surface area contributed by atoms with Crippen molar-refractivity contribution in [3.05, 3.63) is 83.4 Å². The maximum absolute atomic E-state index is 13.3. The molecule has 0 aliphatic rings. The second kappa shape index (κ2) is 9.10. The van der Waals surface area contributed by atoms with Gasteiger partial charge in [-0.2, -0.15) is 0 Å². The average molecular weight is 453 g/mol. The Morgan fingerprint density at radius 3 is 2.27 bits per heavy atom.